The summed E-state index contributed by atoms with van der Waals surface area (Å²) < 4.78 is 0. The lowest BCUT2D eigenvalue weighted by molar-refractivity contribution is 0.0461. The number of nitrogens with zero attached hydrogens (tertiary/aromatic N) is 2. The first kappa shape index (κ1) is 15.3. The van der Waals surface area contributed by atoms with Crippen LogP contribution in [0.25, 0.3) is 0 Å². The highest BCUT2D eigenvalue weighted by molar-refractivity contribution is 5.94. The van der Waals surface area contributed by atoms with Crippen molar-refractivity contribution in [3.05, 3.63) is 29.8 Å². The van der Waals surface area contributed by atoms with Gasteiger partial charge in [-0.2, -0.15) is 0 Å². The van der Waals surface area contributed by atoms with Gasteiger partial charge in [0.05, 0.1) is 0 Å². The minimum absolute atomic E-state index is 0.132. The van der Waals surface area contributed by atoms with Gasteiger partial charge in [0, 0.05) is 43.5 Å². The van der Waals surface area contributed by atoms with Crippen LogP contribution in [0.4, 0.5) is 5.69 Å². The molecule has 0 radical (unpaired) electrons. The second-order valence-electron chi connectivity index (χ2n) is 6.88. The van der Waals surface area contributed by atoms with Crippen molar-refractivity contribution in [2.75, 3.05) is 31.9 Å². The summed E-state index contributed by atoms with van der Waals surface area (Å²) in [6.45, 7) is 6.21. The summed E-state index contributed by atoms with van der Waals surface area (Å²) in [6, 6.07) is 7.53. The van der Waals surface area contributed by atoms with Crippen molar-refractivity contribution >= 4 is 11.6 Å². The Labute approximate surface area is 133 Å². The van der Waals surface area contributed by atoms with Crippen LogP contribution in [0.15, 0.2) is 24.3 Å². The topological polar surface area (TPSA) is 49.6 Å². The van der Waals surface area contributed by atoms with Crippen LogP contribution in [0.3, 0.4) is 0 Å². The fourth-order valence-corrected chi connectivity index (χ4v) is 3.85. The van der Waals surface area contributed by atoms with Crippen LogP contribution in [-0.4, -0.2) is 47.9 Å². The molecule has 1 unspecified atom stereocenters. The SMILES string of the molecule is CC1CN(CC2CCCC2)CCN1C(=O)c1ccc(N)cc1. The Hall–Kier alpha value is -1.55. The monoisotopic (exact) mass is 301 g/mol. The van der Waals surface area contributed by atoms with E-state index in [1.807, 2.05) is 17.0 Å². The van der Waals surface area contributed by atoms with Crippen LogP contribution in [0, 0.1) is 5.92 Å². The molecule has 3 rings (SSSR count). The third kappa shape index (κ3) is 3.43. The molecule has 120 valence electrons. The van der Waals surface area contributed by atoms with Crippen LogP contribution in [0.5, 0.6) is 0 Å². The second-order valence-corrected chi connectivity index (χ2v) is 6.88. The Morgan fingerprint density at radius 2 is 1.86 bits per heavy atom. The maximum Gasteiger partial charge on any atom is 0.254 e. The summed E-state index contributed by atoms with van der Waals surface area (Å²) in [5.74, 6) is 1.01. The van der Waals surface area contributed by atoms with Gasteiger partial charge in [-0.15, -0.1) is 0 Å². The molecular weight excluding hydrogens is 274 g/mol. The summed E-state index contributed by atoms with van der Waals surface area (Å²) in [6.07, 6.45) is 5.57. The number of rotatable bonds is 3. The lowest BCUT2D eigenvalue weighted by Crippen LogP contribution is -2.54. The molecule has 1 aromatic rings. The number of benzene rings is 1. The van der Waals surface area contributed by atoms with E-state index in [0.717, 1.165) is 31.1 Å². The predicted octanol–water partition coefficient (Wildman–Crippen LogP) is 2.61. The molecule has 0 spiro atoms. The summed E-state index contributed by atoms with van der Waals surface area (Å²) in [4.78, 5) is 17.2. The average Bonchev–Trinajstić information content (AvgIpc) is 3.00. The molecule has 1 heterocycles. The standard InChI is InChI=1S/C18H27N3O/c1-14-12-20(13-15-4-2-3-5-15)10-11-21(14)18(22)16-6-8-17(19)9-7-16/h6-9,14-15H,2-5,10-13,19H2,1H3. The summed E-state index contributed by atoms with van der Waals surface area (Å²) in [5, 5.41) is 0. The van der Waals surface area contributed by atoms with Gasteiger partial charge in [0.15, 0.2) is 0 Å². The number of nitrogen functional groups attached to an aromatic ring is 1. The van der Waals surface area contributed by atoms with Gasteiger partial charge in [-0.3, -0.25) is 9.69 Å². The largest absolute Gasteiger partial charge is 0.399 e. The van der Waals surface area contributed by atoms with E-state index >= 15 is 0 Å². The molecule has 2 N–H and O–H groups in total. The molecule has 1 aliphatic carbocycles. The zero-order chi connectivity index (χ0) is 15.5. The number of hydrogen-bond acceptors (Lipinski definition) is 3. The lowest BCUT2D eigenvalue weighted by Gasteiger charge is -2.40. The fourth-order valence-electron chi connectivity index (χ4n) is 3.85. The quantitative estimate of drug-likeness (QED) is 0.873. The van der Waals surface area contributed by atoms with E-state index in [0.29, 0.717) is 5.69 Å². The van der Waals surface area contributed by atoms with Gasteiger partial charge >= 0.3 is 0 Å². The van der Waals surface area contributed by atoms with E-state index in [1.54, 1.807) is 12.1 Å². The van der Waals surface area contributed by atoms with Crippen molar-refractivity contribution in [2.45, 2.75) is 38.6 Å². The van der Waals surface area contributed by atoms with Gasteiger partial charge in [-0.05, 0) is 49.9 Å². The van der Waals surface area contributed by atoms with Crippen LogP contribution in [-0.2, 0) is 0 Å². The van der Waals surface area contributed by atoms with Crippen molar-refractivity contribution < 1.29 is 4.79 Å². The smallest absolute Gasteiger partial charge is 0.254 e. The second kappa shape index (κ2) is 6.69. The van der Waals surface area contributed by atoms with Gasteiger partial charge in [0.1, 0.15) is 0 Å². The molecule has 1 aromatic carbocycles. The van der Waals surface area contributed by atoms with Gasteiger partial charge in [0.25, 0.3) is 5.91 Å². The number of amides is 1. The number of carbonyl (C=O) groups is 1. The Morgan fingerprint density at radius 3 is 2.50 bits per heavy atom. The zero-order valence-electron chi connectivity index (χ0n) is 13.5. The molecule has 1 saturated carbocycles. The van der Waals surface area contributed by atoms with Gasteiger partial charge in [-0.25, -0.2) is 0 Å². The highest BCUT2D eigenvalue weighted by atomic mass is 16.2. The first-order valence-electron chi connectivity index (χ1n) is 8.52. The number of anilines is 1. The highest BCUT2D eigenvalue weighted by Gasteiger charge is 2.29. The predicted molar refractivity (Wildman–Crippen MR) is 89.8 cm³/mol. The Kier molecular flexibility index (Phi) is 4.67. The number of nitrogens with two attached hydrogens (primary N) is 1. The maximum absolute atomic E-state index is 12.6. The van der Waals surface area contributed by atoms with Crippen molar-refractivity contribution in [3.8, 4) is 0 Å². The highest BCUT2D eigenvalue weighted by Crippen LogP contribution is 2.26. The number of hydrogen-bond donors (Lipinski definition) is 1. The van der Waals surface area contributed by atoms with Gasteiger partial charge in [0.2, 0.25) is 0 Å². The molecule has 4 nitrogen and oxygen atoms in total. The van der Waals surface area contributed by atoms with Crippen molar-refractivity contribution in [1.29, 1.82) is 0 Å². The number of piperazine rings is 1. The van der Waals surface area contributed by atoms with E-state index in [9.17, 15) is 4.79 Å². The van der Waals surface area contributed by atoms with E-state index < -0.39 is 0 Å². The Morgan fingerprint density at radius 1 is 1.18 bits per heavy atom. The molecule has 4 heteroatoms. The summed E-state index contributed by atoms with van der Waals surface area (Å²) >= 11 is 0. The van der Waals surface area contributed by atoms with E-state index in [1.165, 1.54) is 32.2 Å². The molecule has 1 aliphatic heterocycles. The molecule has 2 fully saturated rings. The molecular formula is C18H27N3O. The fraction of sp³-hybridized carbons (Fsp3) is 0.611. The minimum Gasteiger partial charge on any atom is -0.399 e. The van der Waals surface area contributed by atoms with Crippen molar-refractivity contribution in [1.82, 2.24) is 9.80 Å². The van der Waals surface area contributed by atoms with Crippen molar-refractivity contribution in [3.63, 3.8) is 0 Å². The zero-order valence-corrected chi connectivity index (χ0v) is 13.5. The van der Waals surface area contributed by atoms with E-state index in [-0.39, 0.29) is 11.9 Å². The molecule has 22 heavy (non-hydrogen) atoms. The van der Waals surface area contributed by atoms with E-state index in [4.69, 9.17) is 5.73 Å². The Balaban J connectivity index is 1.57. The molecule has 2 aliphatic rings. The summed E-state index contributed by atoms with van der Waals surface area (Å²) in [7, 11) is 0. The minimum atomic E-state index is 0.132. The maximum atomic E-state index is 12.6. The molecule has 0 aromatic heterocycles. The lowest BCUT2D eigenvalue weighted by atomic mass is 10.1. The van der Waals surface area contributed by atoms with Crippen LogP contribution in [0.1, 0.15) is 43.0 Å². The average molecular weight is 301 g/mol. The molecule has 1 saturated heterocycles. The van der Waals surface area contributed by atoms with Crippen molar-refractivity contribution in [2.24, 2.45) is 5.92 Å². The molecule has 0 bridgehead atoms. The van der Waals surface area contributed by atoms with Gasteiger partial charge < -0.3 is 10.6 Å². The van der Waals surface area contributed by atoms with Crippen LogP contribution in [0.2, 0.25) is 0 Å². The van der Waals surface area contributed by atoms with E-state index in [2.05, 4.69) is 11.8 Å². The third-order valence-electron chi connectivity index (χ3n) is 5.12. The third-order valence-corrected chi connectivity index (χ3v) is 5.12. The molecule has 1 amide bonds. The normalized spacial score (nSPS) is 23.9. The molecule has 1 atom stereocenters. The van der Waals surface area contributed by atoms with Gasteiger partial charge in [-0.1, -0.05) is 12.8 Å². The number of carbonyl (C=O) groups excluding carboxylic acids is 1. The summed E-state index contributed by atoms with van der Waals surface area (Å²) in [5.41, 5.74) is 7.14. The first-order valence-corrected chi connectivity index (χ1v) is 8.52. The van der Waals surface area contributed by atoms with Crippen LogP contribution >= 0.6 is 0 Å². The first-order chi connectivity index (χ1) is 10.6. The Bertz CT molecular complexity index is 508. The van der Waals surface area contributed by atoms with Crippen LogP contribution < -0.4 is 5.73 Å².